The monoisotopic (exact) mass is 379 g/mol. The van der Waals surface area contributed by atoms with E-state index in [2.05, 4.69) is 9.71 Å². The smallest absolute Gasteiger partial charge is 0.326 e. The molecule has 1 aromatic carbocycles. The third-order valence-corrected chi connectivity index (χ3v) is 5.75. The zero-order valence-corrected chi connectivity index (χ0v) is 15.3. The molecule has 3 rings (SSSR count). The van der Waals surface area contributed by atoms with Crippen LogP contribution in [0.3, 0.4) is 0 Å². The van der Waals surface area contributed by atoms with E-state index in [1.165, 1.54) is 11.0 Å². The molecule has 0 radical (unpaired) electrons. The van der Waals surface area contributed by atoms with Crippen LogP contribution < -0.4 is 5.32 Å². The highest BCUT2D eigenvalue weighted by Gasteiger charge is 2.31. The molecule has 1 saturated carbocycles. The van der Waals surface area contributed by atoms with Crippen molar-refractivity contribution in [1.82, 2.24) is 10.2 Å². The van der Waals surface area contributed by atoms with Gasteiger partial charge >= 0.3 is 5.97 Å². The molecule has 140 valence electrons. The Balaban J connectivity index is 1.54. The summed E-state index contributed by atoms with van der Waals surface area (Å²) in [6.07, 6.45) is 4.11. The van der Waals surface area contributed by atoms with Gasteiger partial charge in [-0.2, -0.15) is 8.42 Å². The Morgan fingerprint density at radius 1 is 1.27 bits per heavy atom. The Morgan fingerprint density at radius 2 is 1.96 bits per heavy atom. The molecular weight excluding hydrogens is 358 g/mol. The molecule has 8 nitrogen and oxygen atoms in total. The molecule has 9 heteroatoms. The Morgan fingerprint density at radius 3 is 2.69 bits per heavy atom. The highest BCUT2D eigenvalue weighted by atomic mass is 32.2. The molecule has 0 spiro atoms. The second-order valence-corrected chi connectivity index (χ2v) is 8.02. The molecule has 26 heavy (non-hydrogen) atoms. The SMILES string of the molecule is CN(CC(=O)OCC(=O)NC1CCCC1)C1=NS(=O)(=O)c2ccccc21. The van der Waals surface area contributed by atoms with Crippen molar-refractivity contribution in [3.05, 3.63) is 29.8 Å². The van der Waals surface area contributed by atoms with E-state index in [0.29, 0.717) is 5.56 Å². The molecule has 1 N–H and O–H groups in total. The number of amidine groups is 1. The van der Waals surface area contributed by atoms with E-state index in [1.807, 2.05) is 0 Å². The number of hydrogen-bond donors (Lipinski definition) is 1. The van der Waals surface area contributed by atoms with E-state index in [-0.39, 0.29) is 35.8 Å². The molecule has 1 fully saturated rings. The fraction of sp³-hybridized carbons (Fsp3) is 0.471. The lowest BCUT2D eigenvalue weighted by Crippen LogP contribution is -2.38. The van der Waals surface area contributed by atoms with Crippen LogP contribution in [0.4, 0.5) is 0 Å². The van der Waals surface area contributed by atoms with Crippen molar-refractivity contribution in [2.24, 2.45) is 4.40 Å². The van der Waals surface area contributed by atoms with Crippen molar-refractivity contribution < 1.29 is 22.7 Å². The quantitative estimate of drug-likeness (QED) is 0.754. The van der Waals surface area contributed by atoms with E-state index in [0.717, 1.165) is 25.7 Å². The summed E-state index contributed by atoms with van der Waals surface area (Å²) in [5.41, 5.74) is 0.446. The standard InChI is InChI=1S/C17H21N3O5S/c1-20(17-13-8-4-5-9-14(13)26(23,24)19-17)10-16(22)25-11-15(21)18-12-6-2-3-7-12/h4-5,8-9,12H,2-3,6-7,10-11H2,1H3,(H,18,21). The van der Waals surface area contributed by atoms with Crippen molar-refractivity contribution in [3.8, 4) is 0 Å². The van der Waals surface area contributed by atoms with Crippen LogP contribution in [0.2, 0.25) is 0 Å². The molecule has 1 heterocycles. The van der Waals surface area contributed by atoms with E-state index in [4.69, 9.17) is 4.74 Å². The molecule has 0 unspecified atom stereocenters. The molecule has 1 aliphatic carbocycles. The molecule has 1 aliphatic heterocycles. The summed E-state index contributed by atoms with van der Waals surface area (Å²) >= 11 is 0. The third kappa shape index (κ3) is 4.04. The summed E-state index contributed by atoms with van der Waals surface area (Å²) in [4.78, 5) is 25.3. The van der Waals surface area contributed by atoms with E-state index < -0.39 is 16.0 Å². The number of esters is 1. The van der Waals surface area contributed by atoms with Gasteiger partial charge in [0.25, 0.3) is 15.9 Å². The number of amides is 1. The Labute approximate surface area is 152 Å². The van der Waals surface area contributed by atoms with E-state index in [9.17, 15) is 18.0 Å². The van der Waals surface area contributed by atoms with Crippen LogP contribution in [-0.4, -0.2) is 57.3 Å². The average Bonchev–Trinajstić information content (AvgIpc) is 3.19. The number of ether oxygens (including phenoxy) is 1. The number of fused-ring (bicyclic) bond motifs is 1. The highest BCUT2D eigenvalue weighted by molar-refractivity contribution is 7.90. The molecule has 0 aromatic heterocycles. The fourth-order valence-corrected chi connectivity index (χ4v) is 4.42. The maximum absolute atomic E-state index is 12.1. The lowest BCUT2D eigenvalue weighted by molar-refractivity contribution is -0.148. The van der Waals surface area contributed by atoms with Crippen LogP contribution in [0.15, 0.2) is 33.6 Å². The van der Waals surface area contributed by atoms with E-state index in [1.54, 1.807) is 25.2 Å². The second-order valence-electron chi connectivity index (χ2n) is 6.45. The predicted octanol–water partition coefficient (Wildman–Crippen LogP) is 0.669. The van der Waals surface area contributed by atoms with Gasteiger partial charge in [-0.25, -0.2) is 0 Å². The van der Waals surface area contributed by atoms with Crippen LogP contribution in [0.1, 0.15) is 31.2 Å². The number of nitrogens with one attached hydrogen (secondary N) is 1. The number of rotatable bonds is 5. The van der Waals surface area contributed by atoms with Gasteiger partial charge in [-0.05, 0) is 25.0 Å². The molecule has 0 bridgehead atoms. The number of likely N-dealkylation sites (N-methyl/N-ethyl adjacent to an activating group) is 1. The zero-order valence-electron chi connectivity index (χ0n) is 14.5. The molecular formula is C17H21N3O5S. The van der Waals surface area contributed by atoms with Crippen molar-refractivity contribution in [2.45, 2.75) is 36.6 Å². The number of benzene rings is 1. The Kier molecular flexibility index (Phi) is 5.26. The molecule has 0 atom stereocenters. The van der Waals surface area contributed by atoms with Gasteiger partial charge in [-0.1, -0.05) is 25.0 Å². The first-order chi connectivity index (χ1) is 12.4. The van der Waals surface area contributed by atoms with Crippen LogP contribution in [0, 0.1) is 0 Å². The molecule has 0 saturated heterocycles. The summed E-state index contributed by atoms with van der Waals surface area (Å²) in [6, 6.07) is 6.59. The van der Waals surface area contributed by atoms with Gasteiger partial charge in [0.05, 0.1) is 0 Å². The number of hydrogen-bond acceptors (Lipinski definition) is 6. The topological polar surface area (TPSA) is 105 Å². The molecule has 1 aromatic rings. The first kappa shape index (κ1) is 18.4. The zero-order chi connectivity index (χ0) is 18.7. The van der Waals surface area contributed by atoms with Crippen LogP contribution in [0.5, 0.6) is 0 Å². The van der Waals surface area contributed by atoms with Gasteiger partial charge in [-0.3, -0.25) is 9.59 Å². The lowest BCUT2D eigenvalue weighted by atomic mass is 10.2. The van der Waals surface area contributed by atoms with Gasteiger partial charge in [0.2, 0.25) is 0 Å². The van der Waals surface area contributed by atoms with Gasteiger partial charge in [-0.15, -0.1) is 4.40 Å². The number of carbonyl (C=O) groups excluding carboxylic acids is 2. The predicted molar refractivity (Wildman–Crippen MR) is 94.2 cm³/mol. The summed E-state index contributed by atoms with van der Waals surface area (Å²) < 4.78 is 32.8. The third-order valence-electron chi connectivity index (χ3n) is 4.42. The van der Waals surface area contributed by atoms with Gasteiger partial charge in [0, 0.05) is 18.7 Å². The highest BCUT2D eigenvalue weighted by Crippen LogP contribution is 2.26. The van der Waals surface area contributed by atoms with Crippen LogP contribution in [0.25, 0.3) is 0 Å². The summed E-state index contributed by atoms with van der Waals surface area (Å²) in [7, 11) is -2.19. The van der Waals surface area contributed by atoms with Crippen LogP contribution >= 0.6 is 0 Å². The van der Waals surface area contributed by atoms with Gasteiger partial charge < -0.3 is 15.0 Å². The van der Waals surface area contributed by atoms with Crippen LogP contribution in [-0.2, 0) is 24.3 Å². The van der Waals surface area contributed by atoms with Crippen molar-refractivity contribution in [2.75, 3.05) is 20.2 Å². The maximum atomic E-state index is 12.1. The number of nitrogens with zero attached hydrogens (tertiary/aromatic N) is 2. The molecule has 2 aliphatic rings. The fourth-order valence-electron chi connectivity index (χ4n) is 3.16. The largest absolute Gasteiger partial charge is 0.454 e. The Hall–Kier alpha value is -2.42. The average molecular weight is 379 g/mol. The Bertz CT molecular complexity index is 844. The van der Waals surface area contributed by atoms with Crippen molar-refractivity contribution in [3.63, 3.8) is 0 Å². The van der Waals surface area contributed by atoms with E-state index >= 15 is 0 Å². The minimum absolute atomic E-state index is 0.117. The second kappa shape index (κ2) is 7.45. The normalized spacial score (nSPS) is 18.1. The summed E-state index contributed by atoms with van der Waals surface area (Å²) in [6.45, 7) is -0.552. The molecule has 1 amide bonds. The first-order valence-electron chi connectivity index (χ1n) is 8.47. The van der Waals surface area contributed by atoms with Gasteiger partial charge in [0.15, 0.2) is 12.4 Å². The number of sulfonamides is 1. The minimum atomic E-state index is -3.74. The summed E-state index contributed by atoms with van der Waals surface area (Å²) in [5.74, 6) is -0.759. The maximum Gasteiger partial charge on any atom is 0.326 e. The first-order valence-corrected chi connectivity index (χ1v) is 9.91. The lowest BCUT2D eigenvalue weighted by Gasteiger charge is -2.18. The van der Waals surface area contributed by atoms with Crippen molar-refractivity contribution in [1.29, 1.82) is 0 Å². The summed E-state index contributed by atoms with van der Waals surface area (Å²) in [5, 5.41) is 2.83. The number of carbonyl (C=O) groups is 2. The van der Waals surface area contributed by atoms with Gasteiger partial charge in [0.1, 0.15) is 11.4 Å². The van der Waals surface area contributed by atoms with Crippen molar-refractivity contribution >= 4 is 27.7 Å². The minimum Gasteiger partial charge on any atom is -0.454 e.